The van der Waals surface area contributed by atoms with Gasteiger partial charge in [0.05, 0.1) is 32.7 Å². The third-order valence-corrected chi connectivity index (χ3v) is 7.08. The monoisotopic (exact) mass is 479 g/mol. The molecule has 1 N–H and O–H groups in total. The Balaban J connectivity index is 1.50. The number of rotatable bonds is 5. The predicted molar refractivity (Wildman–Crippen MR) is 134 cm³/mol. The number of aromatic nitrogens is 4. The zero-order valence-corrected chi connectivity index (χ0v) is 20.1. The number of halogens is 1. The second-order valence-electron chi connectivity index (χ2n) is 8.83. The number of nitrogens with one attached hydrogen (secondary N) is 1. The van der Waals surface area contributed by atoms with Crippen LogP contribution in [0.25, 0.3) is 11.2 Å². The molecule has 0 amide bonds. The minimum absolute atomic E-state index is 0.340. The predicted octanol–water partition coefficient (Wildman–Crippen LogP) is 1.04. The van der Waals surface area contributed by atoms with E-state index in [4.69, 9.17) is 16.6 Å². The lowest BCUT2D eigenvalue weighted by Gasteiger charge is -2.33. The van der Waals surface area contributed by atoms with Gasteiger partial charge in [0, 0.05) is 24.8 Å². The molecule has 0 aliphatic carbocycles. The smallest absolute Gasteiger partial charge is 0.332 e. The highest BCUT2D eigenvalue weighted by atomic mass is 35.5. The van der Waals surface area contributed by atoms with E-state index in [1.165, 1.54) is 22.2 Å². The molecule has 0 spiro atoms. The van der Waals surface area contributed by atoms with Crippen LogP contribution in [0.1, 0.15) is 11.4 Å². The number of nitrogens with zero attached hydrogens (tertiary/aromatic N) is 5. The normalized spacial score (nSPS) is 14.7. The molecular formula is C25H28ClN6O2+. The Morgan fingerprint density at radius 1 is 0.941 bits per heavy atom. The van der Waals surface area contributed by atoms with Gasteiger partial charge in [0.2, 0.25) is 0 Å². The van der Waals surface area contributed by atoms with Crippen LogP contribution in [0.2, 0.25) is 5.02 Å². The molecule has 34 heavy (non-hydrogen) atoms. The van der Waals surface area contributed by atoms with E-state index in [1.54, 1.807) is 7.05 Å². The fraction of sp³-hybridized carbons (Fsp3) is 0.320. The molecule has 0 radical (unpaired) electrons. The van der Waals surface area contributed by atoms with Crippen molar-refractivity contribution in [2.45, 2.75) is 13.1 Å². The maximum atomic E-state index is 13.1. The van der Waals surface area contributed by atoms with Gasteiger partial charge in [-0.15, -0.1) is 0 Å². The molecule has 1 fully saturated rings. The van der Waals surface area contributed by atoms with E-state index in [9.17, 15) is 9.59 Å². The van der Waals surface area contributed by atoms with Crippen molar-refractivity contribution in [2.24, 2.45) is 14.1 Å². The van der Waals surface area contributed by atoms with Crippen LogP contribution in [0, 0.1) is 0 Å². The van der Waals surface area contributed by atoms with Crippen molar-refractivity contribution < 1.29 is 4.90 Å². The summed E-state index contributed by atoms with van der Waals surface area (Å²) in [4.78, 5) is 34.3. The van der Waals surface area contributed by atoms with E-state index in [0.717, 1.165) is 42.1 Å². The summed E-state index contributed by atoms with van der Waals surface area (Å²) in [5.41, 5.74) is 2.28. The first-order chi connectivity index (χ1) is 16.4. The highest BCUT2D eigenvalue weighted by molar-refractivity contribution is 6.31. The zero-order valence-electron chi connectivity index (χ0n) is 19.4. The molecule has 176 valence electrons. The standard InChI is InChI=1S/C25H27ClN6O2/c1-28-23-22(24(33)29(2)25(28)34)32(16-18-8-6-7-11-20(18)26)21(27-23)17-30-12-14-31(15-13-30)19-9-4-3-5-10-19/h3-11H,12-17H2,1-2H3/p+1. The van der Waals surface area contributed by atoms with Gasteiger partial charge in [-0.2, -0.15) is 0 Å². The fourth-order valence-electron chi connectivity index (χ4n) is 4.71. The highest BCUT2D eigenvalue weighted by Gasteiger charge is 2.25. The molecule has 0 unspecified atom stereocenters. The van der Waals surface area contributed by atoms with Crippen molar-refractivity contribution in [3.05, 3.63) is 91.8 Å². The molecule has 3 heterocycles. The lowest BCUT2D eigenvalue weighted by atomic mass is 10.2. The number of quaternary nitrogens is 1. The van der Waals surface area contributed by atoms with Gasteiger partial charge in [-0.25, -0.2) is 9.78 Å². The molecule has 2 aromatic heterocycles. The molecule has 1 saturated heterocycles. The summed E-state index contributed by atoms with van der Waals surface area (Å²) in [6.45, 7) is 4.90. The summed E-state index contributed by atoms with van der Waals surface area (Å²) >= 11 is 6.46. The first-order valence-electron chi connectivity index (χ1n) is 11.5. The SMILES string of the molecule is Cn1c(=O)c2c(nc(C[NH+]3CCN(c4ccccc4)CC3)n2Cc2ccccc2Cl)n(C)c1=O. The molecule has 0 atom stereocenters. The Kier molecular flexibility index (Phi) is 6.02. The van der Waals surface area contributed by atoms with E-state index in [0.29, 0.717) is 29.3 Å². The number of fused-ring (bicyclic) bond motifs is 1. The van der Waals surface area contributed by atoms with Gasteiger partial charge in [0.1, 0.15) is 6.54 Å². The third-order valence-electron chi connectivity index (χ3n) is 6.71. The lowest BCUT2D eigenvalue weighted by Crippen LogP contribution is -3.13. The molecule has 0 bridgehead atoms. The van der Waals surface area contributed by atoms with Crippen molar-refractivity contribution in [1.82, 2.24) is 18.7 Å². The average molecular weight is 480 g/mol. The molecule has 2 aromatic carbocycles. The second-order valence-corrected chi connectivity index (χ2v) is 9.24. The molecule has 9 heteroatoms. The van der Waals surface area contributed by atoms with Gasteiger partial charge in [0.25, 0.3) is 5.56 Å². The van der Waals surface area contributed by atoms with Crippen molar-refractivity contribution in [1.29, 1.82) is 0 Å². The number of hydrogen-bond acceptors (Lipinski definition) is 4. The summed E-state index contributed by atoms with van der Waals surface area (Å²) in [6, 6.07) is 18.1. The summed E-state index contributed by atoms with van der Waals surface area (Å²) in [7, 11) is 3.16. The zero-order chi connectivity index (χ0) is 23.8. The number of piperazine rings is 1. The summed E-state index contributed by atoms with van der Waals surface area (Å²) < 4.78 is 4.53. The van der Waals surface area contributed by atoms with Crippen LogP contribution in [0.15, 0.2) is 64.2 Å². The van der Waals surface area contributed by atoms with Crippen molar-refractivity contribution >= 4 is 28.5 Å². The number of hydrogen-bond donors (Lipinski definition) is 1. The molecule has 0 saturated carbocycles. The number of aryl methyl sites for hydroxylation is 1. The number of para-hydroxylation sites is 1. The van der Waals surface area contributed by atoms with Crippen molar-refractivity contribution in [3.63, 3.8) is 0 Å². The average Bonchev–Trinajstić information content (AvgIpc) is 3.21. The van der Waals surface area contributed by atoms with Gasteiger partial charge in [-0.3, -0.25) is 13.9 Å². The van der Waals surface area contributed by atoms with E-state index in [2.05, 4.69) is 29.2 Å². The topological polar surface area (TPSA) is 69.5 Å². The van der Waals surface area contributed by atoms with Crippen LogP contribution >= 0.6 is 11.6 Å². The van der Waals surface area contributed by atoms with Gasteiger partial charge in [0.15, 0.2) is 17.0 Å². The lowest BCUT2D eigenvalue weighted by molar-refractivity contribution is -0.915. The molecule has 4 aromatic rings. The van der Waals surface area contributed by atoms with Crippen molar-refractivity contribution in [2.75, 3.05) is 31.1 Å². The Labute approximate surface area is 202 Å². The minimum Gasteiger partial charge on any atom is -0.360 e. The number of imidazole rings is 1. The van der Waals surface area contributed by atoms with Gasteiger partial charge in [-0.05, 0) is 23.8 Å². The van der Waals surface area contributed by atoms with Crippen LogP contribution < -0.4 is 21.0 Å². The third kappa shape index (κ3) is 4.03. The van der Waals surface area contributed by atoms with Crippen molar-refractivity contribution in [3.8, 4) is 0 Å². The van der Waals surface area contributed by atoms with Crippen LogP contribution in [-0.2, 0) is 27.2 Å². The molecule has 1 aliphatic heterocycles. The van der Waals surface area contributed by atoms with Crippen LogP contribution in [0.5, 0.6) is 0 Å². The van der Waals surface area contributed by atoms with E-state index in [-0.39, 0.29) is 11.2 Å². The van der Waals surface area contributed by atoms with Gasteiger partial charge >= 0.3 is 5.69 Å². The Morgan fingerprint density at radius 3 is 2.32 bits per heavy atom. The highest BCUT2D eigenvalue weighted by Crippen LogP contribution is 2.20. The fourth-order valence-corrected chi connectivity index (χ4v) is 4.91. The summed E-state index contributed by atoms with van der Waals surface area (Å²) in [5.74, 6) is 0.788. The summed E-state index contributed by atoms with van der Waals surface area (Å²) in [6.07, 6.45) is 0. The van der Waals surface area contributed by atoms with E-state index in [1.807, 2.05) is 34.9 Å². The number of anilines is 1. The number of benzene rings is 2. The van der Waals surface area contributed by atoms with E-state index < -0.39 is 0 Å². The minimum atomic E-state index is -0.379. The van der Waals surface area contributed by atoms with Crippen LogP contribution in [0.3, 0.4) is 0 Å². The quantitative estimate of drug-likeness (QED) is 0.464. The molecule has 5 rings (SSSR count). The van der Waals surface area contributed by atoms with Crippen LogP contribution in [0.4, 0.5) is 5.69 Å². The van der Waals surface area contributed by atoms with Gasteiger partial charge in [-0.1, -0.05) is 48.0 Å². The van der Waals surface area contributed by atoms with Crippen LogP contribution in [-0.4, -0.2) is 44.9 Å². The first kappa shape index (κ1) is 22.4. The first-order valence-corrected chi connectivity index (χ1v) is 11.8. The van der Waals surface area contributed by atoms with Gasteiger partial charge < -0.3 is 14.4 Å². The maximum Gasteiger partial charge on any atom is 0.332 e. The molecule has 1 aliphatic rings. The Morgan fingerprint density at radius 2 is 1.62 bits per heavy atom. The Bertz CT molecular complexity index is 1450. The maximum absolute atomic E-state index is 13.1. The molecular weight excluding hydrogens is 452 g/mol. The second kappa shape index (κ2) is 9.12. The Hall–Kier alpha value is -3.36. The van der Waals surface area contributed by atoms with E-state index >= 15 is 0 Å². The summed E-state index contributed by atoms with van der Waals surface area (Å²) in [5, 5.41) is 0.640. The largest absolute Gasteiger partial charge is 0.360 e. The molecule has 8 nitrogen and oxygen atoms in total.